The van der Waals surface area contributed by atoms with E-state index in [0.29, 0.717) is 47.4 Å². The van der Waals surface area contributed by atoms with Crippen LogP contribution in [-0.2, 0) is 9.53 Å². The molecular weight excluding hydrogens is 460 g/mol. The molecule has 0 unspecified atom stereocenters. The lowest BCUT2D eigenvalue weighted by atomic mass is 10.2. The number of ether oxygens (including phenoxy) is 4. The second kappa shape index (κ2) is 13.6. The predicted octanol–water partition coefficient (Wildman–Crippen LogP) is 5.37. The molecule has 0 aromatic heterocycles. The van der Waals surface area contributed by atoms with E-state index in [2.05, 4.69) is 10.6 Å². The number of carbonyl (C=O) groups excluding carboxylic acids is 2. The molecule has 3 aromatic carbocycles. The second-order valence-electron chi connectivity index (χ2n) is 7.47. The third-order valence-electron chi connectivity index (χ3n) is 4.87. The van der Waals surface area contributed by atoms with Gasteiger partial charge < -0.3 is 29.6 Å². The van der Waals surface area contributed by atoms with Crippen LogP contribution in [0.1, 0.15) is 29.8 Å². The molecule has 0 bridgehead atoms. The molecule has 0 aliphatic heterocycles. The van der Waals surface area contributed by atoms with Crippen molar-refractivity contribution >= 4 is 29.3 Å². The SMILES string of the molecule is CCOc1cc(NC(=O)c2ccccc2)c(OCC)cc1NC(=O)/C=C/c1ccc(OCOC)cc1. The van der Waals surface area contributed by atoms with E-state index in [-0.39, 0.29) is 18.6 Å². The van der Waals surface area contributed by atoms with Crippen molar-refractivity contribution < 1.29 is 28.5 Å². The molecule has 0 spiro atoms. The van der Waals surface area contributed by atoms with Crippen LogP contribution in [0, 0.1) is 0 Å². The van der Waals surface area contributed by atoms with Crippen LogP contribution in [0.4, 0.5) is 11.4 Å². The Labute approximate surface area is 210 Å². The molecule has 8 heteroatoms. The molecule has 0 atom stereocenters. The van der Waals surface area contributed by atoms with Crippen LogP contribution in [0.15, 0.2) is 72.8 Å². The van der Waals surface area contributed by atoms with Gasteiger partial charge in [0, 0.05) is 30.9 Å². The average molecular weight is 491 g/mol. The molecule has 2 amide bonds. The van der Waals surface area contributed by atoms with E-state index in [9.17, 15) is 9.59 Å². The van der Waals surface area contributed by atoms with Gasteiger partial charge in [-0.1, -0.05) is 30.3 Å². The quantitative estimate of drug-likeness (QED) is 0.262. The first kappa shape index (κ1) is 26.3. The zero-order valence-electron chi connectivity index (χ0n) is 20.6. The van der Waals surface area contributed by atoms with Crippen molar-refractivity contribution in [3.05, 3.63) is 83.9 Å². The second-order valence-corrected chi connectivity index (χ2v) is 7.47. The van der Waals surface area contributed by atoms with Crippen molar-refractivity contribution in [3.63, 3.8) is 0 Å². The number of rotatable bonds is 12. The summed E-state index contributed by atoms with van der Waals surface area (Å²) >= 11 is 0. The Balaban J connectivity index is 1.77. The molecule has 2 N–H and O–H groups in total. The van der Waals surface area contributed by atoms with Crippen molar-refractivity contribution in [3.8, 4) is 17.2 Å². The first-order valence-electron chi connectivity index (χ1n) is 11.5. The van der Waals surface area contributed by atoms with E-state index in [1.54, 1.807) is 61.7 Å². The van der Waals surface area contributed by atoms with Crippen molar-refractivity contribution in [2.24, 2.45) is 0 Å². The number of benzene rings is 3. The summed E-state index contributed by atoms with van der Waals surface area (Å²) in [5, 5.41) is 5.70. The maximum absolute atomic E-state index is 12.7. The Morgan fingerprint density at radius 3 is 2.00 bits per heavy atom. The van der Waals surface area contributed by atoms with Crippen LogP contribution in [0.2, 0.25) is 0 Å². The summed E-state index contributed by atoms with van der Waals surface area (Å²) in [6.07, 6.45) is 3.11. The summed E-state index contributed by atoms with van der Waals surface area (Å²) in [5.74, 6) is 0.862. The lowest BCUT2D eigenvalue weighted by Gasteiger charge is -2.17. The molecule has 3 rings (SSSR count). The molecule has 0 fully saturated rings. The molecule has 0 saturated heterocycles. The predicted molar refractivity (Wildman–Crippen MR) is 140 cm³/mol. The Kier molecular flexibility index (Phi) is 9.90. The van der Waals surface area contributed by atoms with E-state index in [0.717, 1.165) is 5.56 Å². The van der Waals surface area contributed by atoms with Crippen molar-refractivity contribution in [1.29, 1.82) is 0 Å². The Bertz CT molecular complexity index is 1180. The molecule has 8 nitrogen and oxygen atoms in total. The van der Waals surface area contributed by atoms with Crippen molar-refractivity contribution in [2.75, 3.05) is 37.8 Å². The van der Waals surface area contributed by atoms with Gasteiger partial charge in [0.1, 0.15) is 17.2 Å². The van der Waals surface area contributed by atoms with Gasteiger partial charge in [-0.15, -0.1) is 0 Å². The number of methoxy groups -OCH3 is 1. The van der Waals surface area contributed by atoms with Crippen LogP contribution < -0.4 is 24.8 Å². The molecule has 3 aromatic rings. The molecule has 0 aliphatic rings. The Morgan fingerprint density at radius 2 is 1.42 bits per heavy atom. The van der Waals surface area contributed by atoms with E-state index in [1.165, 1.54) is 6.08 Å². The summed E-state index contributed by atoms with van der Waals surface area (Å²) in [7, 11) is 1.55. The summed E-state index contributed by atoms with van der Waals surface area (Å²) in [5.41, 5.74) is 2.21. The van der Waals surface area contributed by atoms with E-state index in [4.69, 9.17) is 18.9 Å². The van der Waals surface area contributed by atoms with Crippen LogP contribution in [0.3, 0.4) is 0 Å². The van der Waals surface area contributed by atoms with Crippen molar-refractivity contribution in [2.45, 2.75) is 13.8 Å². The van der Waals surface area contributed by atoms with Gasteiger partial charge >= 0.3 is 0 Å². The monoisotopic (exact) mass is 490 g/mol. The van der Waals surface area contributed by atoms with Gasteiger partial charge in [0.2, 0.25) is 5.91 Å². The third-order valence-corrected chi connectivity index (χ3v) is 4.87. The van der Waals surface area contributed by atoms with Gasteiger partial charge in [0.25, 0.3) is 5.91 Å². The number of nitrogens with one attached hydrogen (secondary N) is 2. The molecule has 0 radical (unpaired) electrons. The fourth-order valence-electron chi connectivity index (χ4n) is 3.24. The minimum atomic E-state index is -0.348. The Hall–Kier alpha value is -4.30. The molecule has 36 heavy (non-hydrogen) atoms. The summed E-state index contributed by atoms with van der Waals surface area (Å²) in [6.45, 7) is 4.59. The summed E-state index contributed by atoms with van der Waals surface area (Å²) in [6, 6.07) is 19.4. The van der Waals surface area contributed by atoms with E-state index < -0.39 is 0 Å². The maximum Gasteiger partial charge on any atom is 0.255 e. The van der Waals surface area contributed by atoms with E-state index in [1.807, 2.05) is 32.0 Å². The van der Waals surface area contributed by atoms with Gasteiger partial charge in [0.05, 0.1) is 24.6 Å². The van der Waals surface area contributed by atoms with Gasteiger partial charge in [0.15, 0.2) is 6.79 Å². The average Bonchev–Trinajstić information content (AvgIpc) is 2.90. The fourth-order valence-corrected chi connectivity index (χ4v) is 3.24. The lowest BCUT2D eigenvalue weighted by molar-refractivity contribution is -0.111. The third kappa shape index (κ3) is 7.61. The van der Waals surface area contributed by atoms with Gasteiger partial charge in [-0.3, -0.25) is 9.59 Å². The van der Waals surface area contributed by atoms with Crippen LogP contribution >= 0.6 is 0 Å². The van der Waals surface area contributed by atoms with Crippen molar-refractivity contribution in [1.82, 2.24) is 0 Å². The molecule has 0 aliphatic carbocycles. The number of carbonyl (C=O) groups is 2. The number of hydrogen-bond acceptors (Lipinski definition) is 6. The topological polar surface area (TPSA) is 95.1 Å². The normalized spacial score (nSPS) is 10.6. The number of amides is 2. The zero-order chi connectivity index (χ0) is 25.8. The molecule has 188 valence electrons. The van der Waals surface area contributed by atoms with Gasteiger partial charge in [-0.25, -0.2) is 0 Å². The number of hydrogen-bond donors (Lipinski definition) is 2. The standard InChI is InChI=1S/C28H30N2O6/c1-4-34-25-18-24(30-28(32)21-9-7-6-8-10-21)26(35-5-2)17-23(25)29-27(31)16-13-20-11-14-22(15-12-20)36-19-33-3/h6-18H,4-5,19H2,1-3H3,(H,29,31)(H,30,32)/b16-13+. The highest BCUT2D eigenvalue weighted by Gasteiger charge is 2.16. The van der Waals surface area contributed by atoms with Crippen LogP contribution in [-0.4, -0.2) is 38.9 Å². The summed E-state index contributed by atoms with van der Waals surface area (Å²) in [4.78, 5) is 25.4. The smallest absolute Gasteiger partial charge is 0.255 e. The van der Waals surface area contributed by atoms with Gasteiger partial charge in [-0.05, 0) is 49.8 Å². The highest BCUT2D eigenvalue weighted by Crippen LogP contribution is 2.37. The first-order valence-corrected chi connectivity index (χ1v) is 11.5. The molecule has 0 saturated carbocycles. The lowest BCUT2D eigenvalue weighted by Crippen LogP contribution is -2.14. The fraction of sp³-hybridized carbons (Fsp3) is 0.214. The largest absolute Gasteiger partial charge is 0.492 e. The molecular formula is C28H30N2O6. The van der Waals surface area contributed by atoms with Crippen LogP contribution in [0.25, 0.3) is 6.08 Å². The Morgan fingerprint density at radius 1 is 0.806 bits per heavy atom. The zero-order valence-corrected chi connectivity index (χ0v) is 20.6. The minimum Gasteiger partial charge on any atom is -0.492 e. The highest BCUT2D eigenvalue weighted by atomic mass is 16.7. The maximum atomic E-state index is 12.7. The van der Waals surface area contributed by atoms with E-state index >= 15 is 0 Å². The number of anilines is 2. The minimum absolute atomic E-state index is 0.165. The highest BCUT2D eigenvalue weighted by molar-refractivity contribution is 6.06. The molecule has 0 heterocycles. The van der Waals surface area contributed by atoms with Crippen LogP contribution in [0.5, 0.6) is 17.2 Å². The summed E-state index contributed by atoms with van der Waals surface area (Å²) < 4.78 is 21.7. The van der Waals surface area contributed by atoms with Gasteiger partial charge in [-0.2, -0.15) is 0 Å². The first-order chi connectivity index (χ1) is 17.5.